The summed E-state index contributed by atoms with van der Waals surface area (Å²) in [6, 6.07) is 7.60. The Morgan fingerprint density at radius 2 is 1.38 bits per heavy atom. The average molecular weight is 454 g/mol. The van der Waals surface area contributed by atoms with Gasteiger partial charge in [-0.3, -0.25) is 0 Å². The smallest absolute Gasteiger partial charge is 0.250 e. The van der Waals surface area contributed by atoms with E-state index in [0.717, 1.165) is 11.3 Å². The zero-order chi connectivity index (χ0) is 18.0. The van der Waals surface area contributed by atoms with Gasteiger partial charge in [0.05, 0.1) is 27.1 Å². The summed E-state index contributed by atoms with van der Waals surface area (Å²) in [7, 11) is 1.62. The van der Waals surface area contributed by atoms with Gasteiger partial charge in [0.25, 0.3) is 0 Å². The van der Waals surface area contributed by atoms with Crippen molar-refractivity contribution in [1.29, 1.82) is 0 Å². The number of nitrogens with zero attached hydrogens (tertiary/aromatic N) is 3. The minimum Gasteiger partial charge on any atom is -0.497 e. The largest absolute Gasteiger partial charge is 0.497 e. The number of hydrogen-bond acceptors (Lipinski definition) is 4. The molecule has 1 heterocycles. The molecule has 0 N–H and O–H groups in total. The zero-order valence-electron chi connectivity index (χ0n) is 12.6. The molecule has 134 valence electrons. The maximum atomic E-state index is 5.98. The second-order valence-electron chi connectivity index (χ2n) is 5.12. The van der Waals surface area contributed by atoms with Crippen LogP contribution in [-0.4, -0.2) is 49.6 Å². The maximum absolute atomic E-state index is 5.98. The fourth-order valence-corrected chi connectivity index (χ4v) is 2.74. The first-order valence-corrected chi connectivity index (χ1v) is 9.06. The second-order valence-corrected chi connectivity index (χ2v) is 9.56. The molecule has 0 aliphatic carbocycles. The van der Waals surface area contributed by atoms with Crippen molar-refractivity contribution in [3.8, 4) is 5.75 Å². The monoisotopic (exact) mass is 451 g/mol. The molecule has 0 bridgehead atoms. The first-order valence-electron chi connectivity index (χ1n) is 6.79. The lowest BCUT2D eigenvalue weighted by Crippen LogP contribution is -2.59. The topological polar surface area (TPSA) is 19.0 Å². The average Bonchev–Trinajstić information content (AvgIpc) is 2.51. The van der Waals surface area contributed by atoms with Gasteiger partial charge in [-0.1, -0.05) is 81.7 Å². The molecule has 0 unspecified atom stereocenters. The van der Waals surface area contributed by atoms with Gasteiger partial charge in [0, 0.05) is 6.20 Å². The SMILES string of the molecule is COc1ccc(/C=C/N2CN(C(Cl)(Cl)Cl)CN(C(Cl)(Cl)Cl)C2)cc1. The molecule has 2 rings (SSSR count). The summed E-state index contributed by atoms with van der Waals surface area (Å²) in [5.41, 5.74) is 0.988. The predicted octanol–water partition coefficient (Wildman–Crippen LogP) is 5.11. The Hall–Kier alpha value is 0.220. The van der Waals surface area contributed by atoms with E-state index in [2.05, 4.69) is 0 Å². The van der Waals surface area contributed by atoms with Crippen molar-refractivity contribution >= 4 is 75.7 Å². The van der Waals surface area contributed by atoms with Crippen LogP contribution in [0.25, 0.3) is 6.08 Å². The Kier molecular flexibility index (Phi) is 7.08. The summed E-state index contributed by atoms with van der Waals surface area (Å²) in [5.74, 6) is 0.787. The van der Waals surface area contributed by atoms with Crippen LogP contribution in [0.3, 0.4) is 0 Å². The lowest BCUT2D eigenvalue weighted by molar-refractivity contribution is -0.00902. The van der Waals surface area contributed by atoms with Crippen molar-refractivity contribution in [2.24, 2.45) is 0 Å². The van der Waals surface area contributed by atoms with E-state index in [-0.39, 0.29) is 6.67 Å². The molecule has 4 nitrogen and oxygen atoms in total. The molecular weight excluding hydrogens is 439 g/mol. The van der Waals surface area contributed by atoms with E-state index in [1.807, 2.05) is 41.4 Å². The van der Waals surface area contributed by atoms with Gasteiger partial charge in [0.15, 0.2) is 0 Å². The van der Waals surface area contributed by atoms with Crippen LogP contribution in [0.15, 0.2) is 30.5 Å². The number of hydrogen-bond donors (Lipinski definition) is 0. The van der Waals surface area contributed by atoms with Gasteiger partial charge < -0.3 is 9.64 Å². The maximum Gasteiger partial charge on any atom is 0.250 e. The molecule has 1 aliphatic rings. The van der Waals surface area contributed by atoms with Gasteiger partial charge in [0.1, 0.15) is 5.75 Å². The number of halogens is 6. The second kappa shape index (κ2) is 8.28. The van der Waals surface area contributed by atoms with Crippen LogP contribution in [0.1, 0.15) is 5.56 Å². The van der Waals surface area contributed by atoms with Crippen LogP contribution in [-0.2, 0) is 0 Å². The van der Waals surface area contributed by atoms with Crippen LogP contribution in [0.5, 0.6) is 5.75 Å². The molecule has 10 heteroatoms. The third-order valence-corrected chi connectivity index (χ3v) is 4.79. The van der Waals surface area contributed by atoms with Crippen LogP contribution >= 0.6 is 69.6 Å². The Bertz CT molecular complexity index is 547. The minimum atomic E-state index is -1.61. The fourth-order valence-electron chi connectivity index (χ4n) is 2.10. The highest BCUT2D eigenvalue weighted by atomic mass is 35.6. The van der Waals surface area contributed by atoms with Gasteiger partial charge in [-0.15, -0.1) is 0 Å². The van der Waals surface area contributed by atoms with Crippen molar-refractivity contribution in [3.05, 3.63) is 36.0 Å². The Morgan fingerprint density at radius 1 is 0.875 bits per heavy atom. The molecule has 1 aliphatic heterocycles. The molecule has 1 aromatic carbocycles. The molecule has 1 aromatic rings. The van der Waals surface area contributed by atoms with Crippen LogP contribution in [0, 0.1) is 0 Å². The molecule has 0 spiro atoms. The van der Waals surface area contributed by atoms with E-state index < -0.39 is 7.83 Å². The summed E-state index contributed by atoms with van der Waals surface area (Å²) in [5, 5.41) is 0. The summed E-state index contributed by atoms with van der Waals surface area (Å²) in [4.78, 5) is 4.99. The first kappa shape index (κ1) is 20.5. The number of alkyl halides is 6. The highest BCUT2D eigenvalue weighted by Crippen LogP contribution is 2.37. The summed E-state index contributed by atoms with van der Waals surface area (Å²) < 4.78 is 1.91. The molecule has 1 fully saturated rings. The van der Waals surface area contributed by atoms with Crippen molar-refractivity contribution in [3.63, 3.8) is 0 Å². The Morgan fingerprint density at radius 3 is 1.79 bits per heavy atom. The highest BCUT2D eigenvalue weighted by molar-refractivity contribution is 6.67. The van der Waals surface area contributed by atoms with Crippen molar-refractivity contribution < 1.29 is 4.74 Å². The van der Waals surface area contributed by atoms with Crippen LogP contribution < -0.4 is 4.74 Å². The van der Waals surface area contributed by atoms with Crippen molar-refractivity contribution in [1.82, 2.24) is 14.7 Å². The van der Waals surface area contributed by atoms with E-state index in [1.165, 1.54) is 0 Å². The van der Waals surface area contributed by atoms with Gasteiger partial charge >= 0.3 is 0 Å². The molecule has 0 aromatic heterocycles. The molecule has 0 amide bonds. The minimum absolute atomic E-state index is 0.208. The quantitative estimate of drug-likeness (QED) is 0.467. The molecule has 24 heavy (non-hydrogen) atoms. The van der Waals surface area contributed by atoms with Gasteiger partial charge in [0.2, 0.25) is 7.83 Å². The van der Waals surface area contributed by atoms with Crippen LogP contribution in [0.2, 0.25) is 0 Å². The lowest BCUT2D eigenvalue weighted by atomic mass is 10.2. The van der Waals surface area contributed by atoms with E-state index in [1.54, 1.807) is 16.9 Å². The Balaban J connectivity index is 2.13. The third kappa shape index (κ3) is 5.89. The standard InChI is InChI=1S/C14H15Cl6N3O/c1-24-12-4-2-11(3-5-12)6-7-21-8-22(13(15,16)17)10-23(9-21)14(18,19)20/h2-7H,8-10H2,1H3/b7-6+. The van der Waals surface area contributed by atoms with E-state index in [9.17, 15) is 0 Å². The Labute approximate surface area is 171 Å². The summed E-state index contributed by atoms with van der Waals surface area (Å²) in [6.45, 7) is 0.959. The predicted molar refractivity (Wildman–Crippen MR) is 103 cm³/mol. The summed E-state index contributed by atoms with van der Waals surface area (Å²) >= 11 is 35.9. The highest BCUT2D eigenvalue weighted by Gasteiger charge is 2.41. The van der Waals surface area contributed by atoms with E-state index in [4.69, 9.17) is 74.3 Å². The number of benzene rings is 1. The number of methoxy groups -OCH3 is 1. The molecule has 1 saturated heterocycles. The van der Waals surface area contributed by atoms with E-state index in [0.29, 0.717) is 13.3 Å². The lowest BCUT2D eigenvalue weighted by Gasteiger charge is -2.46. The third-order valence-electron chi connectivity index (χ3n) is 3.36. The van der Waals surface area contributed by atoms with Crippen molar-refractivity contribution in [2.75, 3.05) is 27.1 Å². The molecule has 0 radical (unpaired) electrons. The van der Waals surface area contributed by atoms with Gasteiger partial charge in [-0.05, 0) is 23.8 Å². The first-order chi connectivity index (χ1) is 11.1. The molecular formula is C14H15Cl6N3O. The van der Waals surface area contributed by atoms with Crippen molar-refractivity contribution in [2.45, 2.75) is 7.83 Å². The summed E-state index contributed by atoms with van der Waals surface area (Å²) in [6.07, 6.45) is 3.77. The fraction of sp³-hybridized carbons (Fsp3) is 0.429. The normalized spacial score (nSPS) is 18.4. The molecule has 0 atom stereocenters. The molecule has 0 saturated carbocycles. The number of ether oxygens (including phenoxy) is 1. The number of rotatable bonds is 3. The van der Waals surface area contributed by atoms with Gasteiger partial charge in [-0.2, -0.15) is 0 Å². The van der Waals surface area contributed by atoms with Crippen LogP contribution in [0.4, 0.5) is 0 Å². The van der Waals surface area contributed by atoms with Gasteiger partial charge in [-0.25, -0.2) is 9.80 Å². The zero-order valence-corrected chi connectivity index (χ0v) is 17.1. The van der Waals surface area contributed by atoms with E-state index >= 15 is 0 Å².